The fraction of sp³-hybridized carbons (Fsp3) is 0.133. The van der Waals surface area contributed by atoms with Crippen molar-refractivity contribution in [3.05, 3.63) is 58.5 Å². The van der Waals surface area contributed by atoms with Gasteiger partial charge in [-0.2, -0.15) is 11.3 Å². The van der Waals surface area contributed by atoms with Crippen LogP contribution < -0.4 is 5.32 Å². The Hall–Kier alpha value is -2.31. The van der Waals surface area contributed by atoms with Gasteiger partial charge in [-0.05, 0) is 34.5 Å². The zero-order chi connectivity index (χ0) is 14.7. The number of aromatic nitrogens is 2. The van der Waals surface area contributed by atoms with Gasteiger partial charge in [-0.1, -0.05) is 12.1 Å². The minimum atomic E-state index is -0.714. The number of hydrogen-bond acceptors (Lipinski definition) is 5. The predicted octanol–water partition coefficient (Wildman–Crippen LogP) is 2.15. The molecule has 21 heavy (non-hydrogen) atoms. The van der Waals surface area contributed by atoms with Gasteiger partial charge in [0.05, 0.1) is 23.3 Å². The van der Waals surface area contributed by atoms with Crippen molar-refractivity contribution in [2.75, 3.05) is 6.54 Å². The van der Waals surface area contributed by atoms with E-state index in [1.165, 1.54) is 17.5 Å². The maximum Gasteiger partial charge on any atom is 0.271 e. The molecular weight excluding hydrogens is 286 g/mol. The van der Waals surface area contributed by atoms with E-state index in [0.29, 0.717) is 5.52 Å². The summed E-state index contributed by atoms with van der Waals surface area (Å²) in [7, 11) is 0. The van der Waals surface area contributed by atoms with Gasteiger partial charge >= 0.3 is 0 Å². The number of fused-ring (bicyclic) bond motifs is 1. The Morgan fingerprint density at radius 1 is 1.29 bits per heavy atom. The van der Waals surface area contributed by atoms with Crippen LogP contribution in [-0.2, 0) is 0 Å². The molecule has 6 heteroatoms. The zero-order valence-corrected chi connectivity index (χ0v) is 11.9. The highest BCUT2D eigenvalue weighted by Crippen LogP contribution is 2.15. The molecular formula is C15H13N3O2S. The number of amides is 1. The quantitative estimate of drug-likeness (QED) is 0.774. The summed E-state index contributed by atoms with van der Waals surface area (Å²) in [6.07, 6.45) is 0.725. The molecule has 0 aliphatic rings. The van der Waals surface area contributed by atoms with Crippen molar-refractivity contribution in [2.24, 2.45) is 0 Å². The minimum Gasteiger partial charge on any atom is -0.387 e. The molecule has 0 radical (unpaired) electrons. The Bertz CT molecular complexity index is 758. The van der Waals surface area contributed by atoms with Crippen molar-refractivity contribution in [3.63, 3.8) is 0 Å². The number of thiophene rings is 1. The molecule has 0 aliphatic carbocycles. The third-order valence-corrected chi connectivity index (χ3v) is 3.77. The lowest BCUT2D eigenvalue weighted by Crippen LogP contribution is -2.29. The van der Waals surface area contributed by atoms with Gasteiger partial charge in [0.15, 0.2) is 0 Å². The number of carbonyl (C=O) groups is 1. The van der Waals surface area contributed by atoms with Crippen molar-refractivity contribution in [1.82, 2.24) is 15.3 Å². The summed E-state index contributed by atoms with van der Waals surface area (Å²) in [5.74, 6) is -0.345. The first-order valence-electron chi connectivity index (χ1n) is 6.44. The average Bonchev–Trinajstić information content (AvgIpc) is 3.06. The molecule has 0 spiro atoms. The van der Waals surface area contributed by atoms with E-state index in [4.69, 9.17) is 0 Å². The Labute approximate surface area is 125 Å². The second-order valence-corrected chi connectivity index (χ2v) is 5.31. The summed E-state index contributed by atoms with van der Waals surface area (Å²) >= 11 is 1.50. The van der Waals surface area contributed by atoms with E-state index in [1.54, 1.807) is 6.07 Å². The maximum atomic E-state index is 12.0. The number of nitrogens with zero attached hydrogens (tertiary/aromatic N) is 2. The highest BCUT2D eigenvalue weighted by atomic mass is 32.1. The molecule has 0 fully saturated rings. The number of nitrogens with one attached hydrogen (secondary N) is 1. The lowest BCUT2D eigenvalue weighted by Gasteiger charge is -2.10. The van der Waals surface area contributed by atoms with Gasteiger partial charge in [0.25, 0.3) is 5.91 Å². The van der Waals surface area contributed by atoms with Crippen LogP contribution in [0.1, 0.15) is 22.2 Å². The summed E-state index contributed by atoms with van der Waals surface area (Å²) in [5, 5.41) is 16.3. The molecule has 1 amide bonds. The van der Waals surface area contributed by atoms with Crippen LogP contribution in [0, 0.1) is 0 Å². The standard InChI is InChI=1S/C15H13N3O2S/c19-14(10-5-6-21-9-10)8-17-15(20)13-7-16-11-3-1-2-4-12(11)18-13/h1-7,9,14,19H,8H2,(H,17,20)/t14-/m0/s1. The maximum absolute atomic E-state index is 12.0. The summed E-state index contributed by atoms with van der Waals surface area (Å²) < 4.78 is 0. The Morgan fingerprint density at radius 2 is 2.10 bits per heavy atom. The Morgan fingerprint density at radius 3 is 2.86 bits per heavy atom. The van der Waals surface area contributed by atoms with Crippen LogP contribution in [0.15, 0.2) is 47.3 Å². The number of benzene rings is 1. The zero-order valence-electron chi connectivity index (χ0n) is 11.1. The van der Waals surface area contributed by atoms with E-state index < -0.39 is 6.10 Å². The van der Waals surface area contributed by atoms with Crippen molar-refractivity contribution in [3.8, 4) is 0 Å². The molecule has 3 rings (SSSR count). The molecule has 1 aromatic carbocycles. The minimum absolute atomic E-state index is 0.143. The number of rotatable bonds is 4. The fourth-order valence-corrected chi connectivity index (χ4v) is 2.64. The van der Waals surface area contributed by atoms with E-state index >= 15 is 0 Å². The Balaban J connectivity index is 1.69. The number of hydrogen-bond donors (Lipinski definition) is 2. The highest BCUT2D eigenvalue weighted by Gasteiger charge is 2.12. The van der Waals surface area contributed by atoms with E-state index in [1.807, 2.05) is 35.0 Å². The number of aliphatic hydroxyl groups excluding tert-OH is 1. The van der Waals surface area contributed by atoms with Crippen LogP contribution in [-0.4, -0.2) is 27.5 Å². The monoisotopic (exact) mass is 299 g/mol. The van der Waals surface area contributed by atoms with Gasteiger partial charge in [0, 0.05) is 6.54 Å². The van der Waals surface area contributed by atoms with E-state index in [2.05, 4.69) is 15.3 Å². The fourth-order valence-electron chi connectivity index (χ4n) is 1.93. The normalized spacial score (nSPS) is 12.2. The first-order chi connectivity index (χ1) is 10.2. The number of carbonyl (C=O) groups excluding carboxylic acids is 1. The lowest BCUT2D eigenvalue weighted by atomic mass is 10.2. The molecule has 1 atom stereocenters. The molecule has 0 saturated heterocycles. The van der Waals surface area contributed by atoms with Crippen LogP contribution in [0.4, 0.5) is 0 Å². The Kier molecular flexibility index (Phi) is 3.89. The molecule has 0 aliphatic heterocycles. The molecule has 0 saturated carbocycles. The molecule has 2 heterocycles. The molecule has 5 nitrogen and oxygen atoms in total. The summed E-state index contributed by atoms with van der Waals surface area (Å²) in [4.78, 5) is 20.5. The first kappa shape index (κ1) is 13.7. The van der Waals surface area contributed by atoms with Gasteiger partial charge in [-0.3, -0.25) is 9.78 Å². The van der Waals surface area contributed by atoms with Gasteiger partial charge in [0.2, 0.25) is 0 Å². The van der Waals surface area contributed by atoms with Gasteiger partial charge in [-0.15, -0.1) is 0 Å². The largest absolute Gasteiger partial charge is 0.387 e. The average molecular weight is 299 g/mol. The van der Waals surface area contributed by atoms with Crippen LogP contribution in [0.5, 0.6) is 0 Å². The van der Waals surface area contributed by atoms with E-state index in [9.17, 15) is 9.90 Å². The van der Waals surface area contributed by atoms with Gasteiger partial charge < -0.3 is 10.4 Å². The number of aliphatic hydroxyl groups is 1. The SMILES string of the molecule is O=C(NC[C@H](O)c1ccsc1)c1cnc2ccccc2n1. The second kappa shape index (κ2) is 5.99. The second-order valence-electron chi connectivity index (χ2n) is 4.53. The molecule has 2 aromatic heterocycles. The number of para-hydroxylation sites is 2. The summed E-state index contributed by atoms with van der Waals surface area (Å²) in [6, 6.07) is 9.19. The van der Waals surface area contributed by atoms with Crippen molar-refractivity contribution in [2.45, 2.75) is 6.10 Å². The van der Waals surface area contributed by atoms with Gasteiger partial charge in [0.1, 0.15) is 5.69 Å². The predicted molar refractivity (Wildman–Crippen MR) is 81.2 cm³/mol. The highest BCUT2D eigenvalue weighted by molar-refractivity contribution is 7.07. The van der Waals surface area contributed by atoms with Crippen LogP contribution in [0.2, 0.25) is 0 Å². The van der Waals surface area contributed by atoms with Gasteiger partial charge in [-0.25, -0.2) is 4.98 Å². The van der Waals surface area contributed by atoms with Crippen molar-refractivity contribution < 1.29 is 9.90 Å². The topological polar surface area (TPSA) is 75.1 Å². The molecule has 2 N–H and O–H groups in total. The third-order valence-electron chi connectivity index (χ3n) is 3.07. The van der Waals surface area contributed by atoms with Crippen LogP contribution >= 0.6 is 11.3 Å². The molecule has 106 valence electrons. The smallest absolute Gasteiger partial charge is 0.271 e. The van der Waals surface area contributed by atoms with Crippen molar-refractivity contribution in [1.29, 1.82) is 0 Å². The molecule has 0 bridgehead atoms. The van der Waals surface area contributed by atoms with Crippen LogP contribution in [0.3, 0.4) is 0 Å². The molecule has 0 unspecified atom stereocenters. The van der Waals surface area contributed by atoms with Crippen molar-refractivity contribution >= 4 is 28.3 Å². The lowest BCUT2D eigenvalue weighted by molar-refractivity contribution is 0.0911. The molecule has 3 aromatic rings. The first-order valence-corrected chi connectivity index (χ1v) is 7.38. The summed E-state index contributed by atoms with van der Waals surface area (Å²) in [6.45, 7) is 0.143. The van der Waals surface area contributed by atoms with Crippen LogP contribution in [0.25, 0.3) is 11.0 Å². The third kappa shape index (κ3) is 3.07. The van der Waals surface area contributed by atoms with E-state index in [0.717, 1.165) is 11.1 Å². The van der Waals surface area contributed by atoms with E-state index in [-0.39, 0.29) is 18.1 Å². The summed E-state index contributed by atoms with van der Waals surface area (Å²) in [5.41, 5.74) is 2.45.